The van der Waals surface area contributed by atoms with E-state index in [9.17, 15) is 9.59 Å². The summed E-state index contributed by atoms with van der Waals surface area (Å²) in [5.74, 6) is -0.0128. The van der Waals surface area contributed by atoms with Gasteiger partial charge in [0.15, 0.2) is 12.4 Å². The van der Waals surface area contributed by atoms with Crippen LogP contribution in [0.25, 0.3) is 0 Å². The molecule has 1 atom stereocenters. The summed E-state index contributed by atoms with van der Waals surface area (Å²) in [5, 5.41) is 0. The lowest BCUT2D eigenvalue weighted by Gasteiger charge is -2.27. The van der Waals surface area contributed by atoms with E-state index >= 15 is 0 Å². The second-order valence-electron chi connectivity index (χ2n) is 4.68. The van der Waals surface area contributed by atoms with E-state index in [-0.39, 0.29) is 17.8 Å². The number of Topliss-reactive ketones (excluding diaryl/α,β-unsaturated/α-hetero) is 1. The molecule has 0 aromatic heterocycles. The number of esters is 1. The number of ketones is 1. The van der Waals surface area contributed by atoms with E-state index in [1.54, 1.807) is 0 Å². The third-order valence-electron chi connectivity index (χ3n) is 3.31. The fourth-order valence-corrected chi connectivity index (χ4v) is 1.84. The summed E-state index contributed by atoms with van der Waals surface area (Å²) in [7, 11) is 0. The standard InChI is InChI=1S/C12H18O3/c1-8-5-6-10(12(8,3)4)11(14)7-15-9(2)13/h6,8H,5,7H2,1-4H3/t8-/m1/s1. The van der Waals surface area contributed by atoms with Crippen molar-refractivity contribution in [1.29, 1.82) is 0 Å². The first kappa shape index (κ1) is 12.0. The quantitative estimate of drug-likeness (QED) is 0.670. The van der Waals surface area contributed by atoms with Crippen molar-refractivity contribution < 1.29 is 14.3 Å². The fraction of sp³-hybridized carbons (Fsp3) is 0.667. The summed E-state index contributed by atoms with van der Waals surface area (Å²) in [5.41, 5.74) is 0.702. The topological polar surface area (TPSA) is 43.4 Å². The summed E-state index contributed by atoms with van der Waals surface area (Å²) >= 11 is 0. The van der Waals surface area contributed by atoms with Crippen molar-refractivity contribution in [3.8, 4) is 0 Å². The molecule has 1 aliphatic carbocycles. The Hall–Kier alpha value is -1.12. The van der Waals surface area contributed by atoms with Crippen LogP contribution in [0.1, 0.15) is 34.1 Å². The van der Waals surface area contributed by atoms with Gasteiger partial charge in [-0.05, 0) is 17.8 Å². The van der Waals surface area contributed by atoms with E-state index in [0.29, 0.717) is 5.92 Å². The molecule has 0 saturated carbocycles. The van der Waals surface area contributed by atoms with E-state index < -0.39 is 5.97 Å². The van der Waals surface area contributed by atoms with Crippen molar-refractivity contribution >= 4 is 11.8 Å². The highest BCUT2D eigenvalue weighted by molar-refractivity contribution is 5.98. The molecule has 3 heteroatoms. The second kappa shape index (κ2) is 4.17. The van der Waals surface area contributed by atoms with Crippen LogP contribution in [0, 0.1) is 11.3 Å². The Bertz CT molecular complexity index is 313. The predicted octanol–water partition coefficient (Wildman–Crippen LogP) is 2.11. The highest BCUT2D eigenvalue weighted by atomic mass is 16.5. The van der Waals surface area contributed by atoms with Gasteiger partial charge < -0.3 is 4.74 Å². The van der Waals surface area contributed by atoms with Crippen LogP contribution in [0.4, 0.5) is 0 Å². The SMILES string of the molecule is CC(=O)OCC(=O)C1=CC[C@@H](C)C1(C)C. The Morgan fingerprint density at radius 1 is 1.53 bits per heavy atom. The third kappa shape index (κ3) is 2.46. The first-order valence-electron chi connectivity index (χ1n) is 5.23. The van der Waals surface area contributed by atoms with Gasteiger partial charge in [-0.1, -0.05) is 26.8 Å². The van der Waals surface area contributed by atoms with Gasteiger partial charge in [-0.15, -0.1) is 0 Å². The van der Waals surface area contributed by atoms with Crippen LogP contribution in [0.2, 0.25) is 0 Å². The largest absolute Gasteiger partial charge is 0.457 e. The van der Waals surface area contributed by atoms with Gasteiger partial charge in [-0.25, -0.2) is 0 Å². The van der Waals surface area contributed by atoms with Crippen LogP contribution in [0.3, 0.4) is 0 Å². The molecular weight excluding hydrogens is 192 g/mol. The number of carbonyl (C=O) groups excluding carboxylic acids is 2. The average Bonchev–Trinajstić information content (AvgIpc) is 2.38. The minimum atomic E-state index is -0.409. The molecule has 0 bridgehead atoms. The molecule has 0 fully saturated rings. The first-order valence-corrected chi connectivity index (χ1v) is 5.23. The maximum absolute atomic E-state index is 11.8. The minimum Gasteiger partial charge on any atom is -0.457 e. The van der Waals surface area contributed by atoms with E-state index in [1.807, 2.05) is 6.08 Å². The molecular formula is C12H18O3. The van der Waals surface area contributed by atoms with Crippen molar-refractivity contribution in [3.63, 3.8) is 0 Å². The molecule has 0 aromatic rings. The maximum Gasteiger partial charge on any atom is 0.303 e. The molecule has 0 aliphatic heterocycles. The van der Waals surface area contributed by atoms with Crippen molar-refractivity contribution in [2.45, 2.75) is 34.1 Å². The lowest BCUT2D eigenvalue weighted by atomic mass is 9.77. The number of hydrogen-bond acceptors (Lipinski definition) is 3. The molecule has 0 unspecified atom stereocenters. The number of rotatable bonds is 3. The lowest BCUT2D eigenvalue weighted by molar-refractivity contribution is -0.145. The summed E-state index contributed by atoms with van der Waals surface area (Å²) in [6.45, 7) is 7.42. The van der Waals surface area contributed by atoms with Crippen LogP contribution in [-0.2, 0) is 14.3 Å². The normalized spacial score (nSPS) is 23.5. The van der Waals surface area contributed by atoms with Gasteiger partial charge in [-0.2, -0.15) is 0 Å². The molecule has 15 heavy (non-hydrogen) atoms. The van der Waals surface area contributed by atoms with E-state index in [4.69, 9.17) is 4.74 Å². The van der Waals surface area contributed by atoms with Gasteiger partial charge in [0.05, 0.1) is 0 Å². The maximum atomic E-state index is 11.8. The van der Waals surface area contributed by atoms with Crippen LogP contribution in [-0.4, -0.2) is 18.4 Å². The van der Waals surface area contributed by atoms with Gasteiger partial charge in [0.25, 0.3) is 0 Å². The highest BCUT2D eigenvalue weighted by Gasteiger charge is 2.37. The van der Waals surface area contributed by atoms with E-state index in [0.717, 1.165) is 12.0 Å². The second-order valence-corrected chi connectivity index (χ2v) is 4.68. The summed E-state index contributed by atoms with van der Waals surface area (Å²) < 4.78 is 4.72. The molecule has 84 valence electrons. The van der Waals surface area contributed by atoms with Gasteiger partial charge >= 0.3 is 5.97 Å². The van der Waals surface area contributed by atoms with Crippen molar-refractivity contribution in [2.75, 3.05) is 6.61 Å². The zero-order valence-corrected chi connectivity index (χ0v) is 9.79. The third-order valence-corrected chi connectivity index (χ3v) is 3.31. The Kier molecular flexibility index (Phi) is 3.32. The Morgan fingerprint density at radius 3 is 2.53 bits per heavy atom. The zero-order valence-electron chi connectivity index (χ0n) is 9.79. The van der Waals surface area contributed by atoms with Crippen molar-refractivity contribution in [1.82, 2.24) is 0 Å². The minimum absolute atomic E-state index is 0.0699. The molecule has 0 radical (unpaired) electrons. The number of hydrogen-bond donors (Lipinski definition) is 0. The number of carbonyl (C=O) groups is 2. The van der Waals surface area contributed by atoms with E-state index in [2.05, 4.69) is 20.8 Å². The smallest absolute Gasteiger partial charge is 0.303 e. The van der Waals surface area contributed by atoms with Crippen LogP contribution < -0.4 is 0 Å². The summed E-state index contributed by atoms with van der Waals surface area (Å²) in [4.78, 5) is 22.4. The van der Waals surface area contributed by atoms with Crippen LogP contribution >= 0.6 is 0 Å². The molecule has 0 saturated heterocycles. The van der Waals surface area contributed by atoms with Crippen LogP contribution in [0.5, 0.6) is 0 Å². The molecule has 1 rings (SSSR count). The van der Waals surface area contributed by atoms with E-state index in [1.165, 1.54) is 6.92 Å². The monoisotopic (exact) mass is 210 g/mol. The van der Waals surface area contributed by atoms with Crippen molar-refractivity contribution in [2.24, 2.45) is 11.3 Å². The Balaban J connectivity index is 2.65. The molecule has 1 aliphatic rings. The highest BCUT2D eigenvalue weighted by Crippen LogP contribution is 2.43. The molecule has 0 heterocycles. The predicted molar refractivity (Wildman–Crippen MR) is 57.3 cm³/mol. The Morgan fingerprint density at radius 2 is 2.13 bits per heavy atom. The number of ether oxygens (including phenoxy) is 1. The van der Waals surface area contributed by atoms with Gasteiger partial charge in [0.1, 0.15) is 0 Å². The van der Waals surface area contributed by atoms with Crippen LogP contribution in [0.15, 0.2) is 11.6 Å². The zero-order chi connectivity index (χ0) is 11.6. The molecule has 0 spiro atoms. The number of allylic oxidation sites excluding steroid dienone is 1. The van der Waals surface area contributed by atoms with Gasteiger partial charge in [0, 0.05) is 12.5 Å². The first-order chi connectivity index (χ1) is 6.85. The average molecular weight is 210 g/mol. The lowest BCUT2D eigenvalue weighted by Crippen LogP contribution is -2.26. The molecule has 3 nitrogen and oxygen atoms in total. The molecule has 0 aromatic carbocycles. The molecule has 0 amide bonds. The van der Waals surface area contributed by atoms with Gasteiger partial charge in [-0.3, -0.25) is 9.59 Å². The van der Waals surface area contributed by atoms with Crippen molar-refractivity contribution in [3.05, 3.63) is 11.6 Å². The summed E-state index contributed by atoms with van der Waals surface area (Å²) in [6, 6.07) is 0. The summed E-state index contributed by atoms with van der Waals surface area (Å²) in [6.07, 6.45) is 2.89. The van der Waals surface area contributed by atoms with Gasteiger partial charge in [0.2, 0.25) is 0 Å². The molecule has 0 N–H and O–H groups in total. The Labute approximate surface area is 90.5 Å². The fourth-order valence-electron chi connectivity index (χ4n) is 1.84.